The van der Waals surface area contributed by atoms with Crippen LogP contribution in [0.15, 0.2) is 0 Å². The molecule has 0 aromatic rings. The predicted octanol–water partition coefficient (Wildman–Crippen LogP) is -1.44. The highest BCUT2D eigenvalue weighted by molar-refractivity contribution is 4.98. The summed E-state index contributed by atoms with van der Waals surface area (Å²) in [7, 11) is 2.17. The van der Waals surface area contributed by atoms with E-state index >= 15 is 0 Å². The molecule has 3 aliphatic rings. The summed E-state index contributed by atoms with van der Waals surface area (Å²) in [5.41, 5.74) is 6.13. The summed E-state index contributed by atoms with van der Waals surface area (Å²) < 4.78 is 14.2. The average Bonchev–Trinajstić information content (AvgIpc) is 2.38. The van der Waals surface area contributed by atoms with Gasteiger partial charge in [-0.1, -0.05) is 0 Å². The average molecular weight is 271 g/mol. The molecule has 0 aromatic carbocycles. The first-order valence-corrected chi connectivity index (χ1v) is 7.42. The van der Waals surface area contributed by atoms with Gasteiger partial charge in [0.05, 0.1) is 6.04 Å². The Labute approximate surface area is 114 Å². The Kier molecular flexibility index (Phi) is 4.05. The third-order valence-electron chi connectivity index (χ3n) is 4.88. The highest BCUT2D eigenvalue weighted by atomic mass is 19.1. The predicted molar refractivity (Wildman–Crippen MR) is 74.0 cm³/mol. The van der Waals surface area contributed by atoms with Crippen LogP contribution in [-0.2, 0) is 0 Å². The van der Waals surface area contributed by atoms with Gasteiger partial charge < -0.3 is 16.0 Å². The number of nitrogens with zero attached hydrogens (tertiary/aromatic N) is 3. The molecule has 0 amide bonds. The molecule has 4 atom stereocenters. The zero-order chi connectivity index (χ0) is 13.4. The zero-order valence-electron chi connectivity index (χ0n) is 11.8. The first kappa shape index (κ1) is 13.7. The molecule has 5 nitrogen and oxygen atoms in total. The monoisotopic (exact) mass is 271 g/mol. The largest absolute Gasteiger partial charge is 0.325 e. The number of hydrogen-bond acceptors (Lipinski definition) is 5. The SMILES string of the molecule is CN1CCN2CCN(C3C(N)CNCC3F)CC2C1. The Bertz CT molecular complexity index is 305. The minimum atomic E-state index is -0.836. The van der Waals surface area contributed by atoms with E-state index in [9.17, 15) is 4.39 Å². The van der Waals surface area contributed by atoms with Crippen molar-refractivity contribution in [3.05, 3.63) is 0 Å². The second-order valence-electron chi connectivity index (χ2n) is 6.28. The van der Waals surface area contributed by atoms with E-state index in [0.29, 0.717) is 12.6 Å². The van der Waals surface area contributed by atoms with E-state index in [4.69, 9.17) is 5.73 Å². The summed E-state index contributed by atoms with van der Waals surface area (Å²) in [4.78, 5) is 7.23. The van der Waals surface area contributed by atoms with Crippen molar-refractivity contribution in [1.82, 2.24) is 20.0 Å². The topological polar surface area (TPSA) is 47.8 Å². The fourth-order valence-electron chi connectivity index (χ4n) is 3.80. The number of nitrogens with one attached hydrogen (secondary N) is 1. The molecule has 0 spiro atoms. The molecule has 19 heavy (non-hydrogen) atoms. The number of likely N-dealkylation sites (N-methyl/N-ethyl adjacent to an activating group) is 1. The van der Waals surface area contributed by atoms with Crippen LogP contribution in [0, 0.1) is 0 Å². The van der Waals surface area contributed by atoms with Gasteiger partial charge in [0, 0.05) is 64.4 Å². The number of piperidine rings is 1. The van der Waals surface area contributed by atoms with Crippen molar-refractivity contribution in [2.24, 2.45) is 5.73 Å². The lowest BCUT2D eigenvalue weighted by Crippen LogP contribution is -2.69. The van der Waals surface area contributed by atoms with Gasteiger partial charge in [-0.3, -0.25) is 9.80 Å². The second-order valence-corrected chi connectivity index (χ2v) is 6.28. The molecule has 3 saturated heterocycles. The van der Waals surface area contributed by atoms with Gasteiger partial charge in [-0.2, -0.15) is 0 Å². The van der Waals surface area contributed by atoms with Crippen LogP contribution >= 0.6 is 0 Å². The van der Waals surface area contributed by atoms with E-state index in [0.717, 1.165) is 45.8 Å². The Morgan fingerprint density at radius 3 is 2.58 bits per heavy atom. The highest BCUT2D eigenvalue weighted by Gasteiger charge is 2.40. The Morgan fingerprint density at radius 1 is 1.05 bits per heavy atom. The van der Waals surface area contributed by atoms with Crippen LogP contribution in [0.1, 0.15) is 0 Å². The summed E-state index contributed by atoms with van der Waals surface area (Å²) in [6, 6.07) is 0.356. The lowest BCUT2D eigenvalue weighted by molar-refractivity contribution is -0.0232. The molecule has 4 unspecified atom stereocenters. The molecule has 0 bridgehead atoms. The summed E-state index contributed by atoms with van der Waals surface area (Å²) in [5.74, 6) is 0. The van der Waals surface area contributed by atoms with Crippen LogP contribution in [0.4, 0.5) is 4.39 Å². The van der Waals surface area contributed by atoms with Crippen molar-refractivity contribution in [3.63, 3.8) is 0 Å². The molecule has 6 heteroatoms. The lowest BCUT2D eigenvalue weighted by Gasteiger charge is -2.50. The van der Waals surface area contributed by atoms with Crippen LogP contribution in [0.3, 0.4) is 0 Å². The van der Waals surface area contributed by atoms with Gasteiger partial charge in [-0.05, 0) is 7.05 Å². The lowest BCUT2D eigenvalue weighted by atomic mass is 9.95. The van der Waals surface area contributed by atoms with Crippen molar-refractivity contribution in [2.75, 3.05) is 59.4 Å². The number of fused-ring (bicyclic) bond motifs is 1. The number of hydrogen-bond donors (Lipinski definition) is 2. The van der Waals surface area contributed by atoms with Gasteiger partial charge in [0.2, 0.25) is 0 Å². The van der Waals surface area contributed by atoms with E-state index in [2.05, 4.69) is 27.1 Å². The summed E-state index contributed by atoms with van der Waals surface area (Å²) >= 11 is 0. The van der Waals surface area contributed by atoms with E-state index in [1.807, 2.05) is 0 Å². The highest BCUT2D eigenvalue weighted by Crippen LogP contribution is 2.21. The van der Waals surface area contributed by atoms with E-state index < -0.39 is 6.17 Å². The van der Waals surface area contributed by atoms with Gasteiger partial charge >= 0.3 is 0 Å². The van der Waals surface area contributed by atoms with Crippen molar-refractivity contribution in [3.8, 4) is 0 Å². The Balaban J connectivity index is 1.65. The van der Waals surface area contributed by atoms with Crippen molar-refractivity contribution >= 4 is 0 Å². The third-order valence-corrected chi connectivity index (χ3v) is 4.88. The Morgan fingerprint density at radius 2 is 1.79 bits per heavy atom. The summed E-state index contributed by atoms with van der Waals surface area (Å²) in [6.07, 6.45) is -0.836. The normalized spacial score (nSPS) is 43.1. The van der Waals surface area contributed by atoms with Crippen LogP contribution in [0.2, 0.25) is 0 Å². The van der Waals surface area contributed by atoms with Gasteiger partial charge in [0.25, 0.3) is 0 Å². The first-order chi connectivity index (χ1) is 9.15. The van der Waals surface area contributed by atoms with Crippen LogP contribution < -0.4 is 11.1 Å². The van der Waals surface area contributed by atoms with Crippen molar-refractivity contribution in [1.29, 1.82) is 0 Å². The molecule has 3 rings (SSSR count). The first-order valence-electron chi connectivity index (χ1n) is 7.42. The molecule has 0 saturated carbocycles. The fraction of sp³-hybridized carbons (Fsp3) is 1.00. The number of nitrogens with two attached hydrogens (primary N) is 1. The molecule has 3 N–H and O–H groups in total. The molecule has 110 valence electrons. The standard InChI is InChI=1S/C13H26FN5/c1-17-2-3-18-4-5-19(9-10(18)8-17)13-11(14)6-16-7-12(13)15/h10-13,16H,2-9,15H2,1H3. The smallest absolute Gasteiger partial charge is 0.129 e. The second kappa shape index (κ2) is 5.61. The molecule has 3 aliphatic heterocycles. The number of alkyl halides is 1. The quantitative estimate of drug-likeness (QED) is 0.611. The summed E-state index contributed by atoms with van der Waals surface area (Å²) in [6.45, 7) is 7.54. The number of piperazine rings is 2. The zero-order valence-corrected chi connectivity index (χ0v) is 11.8. The Hall–Kier alpha value is -0.270. The molecule has 0 radical (unpaired) electrons. The third kappa shape index (κ3) is 2.78. The molecule has 3 heterocycles. The fourth-order valence-corrected chi connectivity index (χ4v) is 3.80. The van der Waals surface area contributed by atoms with Crippen LogP contribution in [-0.4, -0.2) is 98.4 Å². The molecular formula is C13H26FN5. The van der Waals surface area contributed by atoms with Gasteiger partial charge in [-0.25, -0.2) is 4.39 Å². The minimum absolute atomic E-state index is 0.0865. The van der Waals surface area contributed by atoms with Gasteiger partial charge in [0.15, 0.2) is 0 Å². The van der Waals surface area contributed by atoms with Crippen LogP contribution in [0.5, 0.6) is 0 Å². The van der Waals surface area contributed by atoms with Gasteiger partial charge in [0.1, 0.15) is 6.17 Å². The summed E-state index contributed by atoms with van der Waals surface area (Å²) in [5, 5.41) is 3.07. The van der Waals surface area contributed by atoms with E-state index in [-0.39, 0.29) is 12.1 Å². The maximum Gasteiger partial charge on any atom is 0.129 e. The number of rotatable bonds is 1. The molecular weight excluding hydrogens is 245 g/mol. The van der Waals surface area contributed by atoms with Gasteiger partial charge in [-0.15, -0.1) is 0 Å². The molecule has 3 fully saturated rings. The minimum Gasteiger partial charge on any atom is -0.325 e. The van der Waals surface area contributed by atoms with Crippen molar-refractivity contribution < 1.29 is 4.39 Å². The molecule has 0 aromatic heterocycles. The van der Waals surface area contributed by atoms with Crippen molar-refractivity contribution in [2.45, 2.75) is 24.3 Å². The molecule has 0 aliphatic carbocycles. The van der Waals surface area contributed by atoms with E-state index in [1.165, 1.54) is 0 Å². The number of halogens is 1. The maximum atomic E-state index is 14.2. The maximum absolute atomic E-state index is 14.2. The van der Waals surface area contributed by atoms with Crippen LogP contribution in [0.25, 0.3) is 0 Å². The van der Waals surface area contributed by atoms with E-state index in [1.54, 1.807) is 0 Å².